The lowest BCUT2D eigenvalue weighted by atomic mass is 10.0. The smallest absolute Gasteiger partial charge is 0.406 e. The summed E-state index contributed by atoms with van der Waals surface area (Å²) in [4.78, 5) is 28.2. The third kappa shape index (κ3) is 4.29. The van der Waals surface area contributed by atoms with Crippen molar-refractivity contribution in [3.63, 3.8) is 0 Å². The lowest BCUT2D eigenvalue weighted by molar-refractivity contribution is -0.274. The van der Waals surface area contributed by atoms with Crippen molar-refractivity contribution in [3.05, 3.63) is 30.1 Å². The molecule has 1 unspecified atom stereocenters. The van der Waals surface area contributed by atoms with Crippen LogP contribution in [-0.2, 0) is 16.1 Å². The maximum absolute atomic E-state index is 12.2. The molecule has 2 amide bonds. The van der Waals surface area contributed by atoms with E-state index >= 15 is 0 Å². The summed E-state index contributed by atoms with van der Waals surface area (Å²) < 4.78 is 42.0. The minimum Gasteiger partial charge on any atom is -0.406 e. The number of fused-ring (bicyclic) bond motifs is 1. The van der Waals surface area contributed by atoms with Crippen molar-refractivity contribution in [3.8, 4) is 5.75 Å². The SMILES string of the molecule is Cc1nc2n(n1)CC(CC(=O)Nc1cccc(OC(F)(F)F)c1)C(=O)N2. The van der Waals surface area contributed by atoms with Gasteiger partial charge < -0.3 is 10.1 Å². The van der Waals surface area contributed by atoms with Gasteiger partial charge in [-0.3, -0.25) is 14.9 Å². The van der Waals surface area contributed by atoms with Gasteiger partial charge in [0.2, 0.25) is 17.8 Å². The highest BCUT2D eigenvalue weighted by Crippen LogP contribution is 2.25. The van der Waals surface area contributed by atoms with E-state index in [1.54, 1.807) is 6.92 Å². The van der Waals surface area contributed by atoms with E-state index in [1.807, 2.05) is 0 Å². The number of aryl methyl sites for hydroxylation is 1. The number of hydrogen-bond acceptors (Lipinski definition) is 5. The third-order valence-electron chi connectivity index (χ3n) is 3.56. The Labute approximate surface area is 145 Å². The van der Waals surface area contributed by atoms with Crippen LogP contribution >= 0.6 is 0 Å². The van der Waals surface area contributed by atoms with Crippen molar-refractivity contribution in [1.82, 2.24) is 14.8 Å². The number of nitrogens with zero attached hydrogens (tertiary/aromatic N) is 3. The number of anilines is 2. The zero-order valence-electron chi connectivity index (χ0n) is 13.5. The van der Waals surface area contributed by atoms with Crippen molar-refractivity contribution >= 4 is 23.5 Å². The molecule has 1 aromatic heterocycles. The monoisotopic (exact) mass is 369 g/mol. The number of amides is 2. The minimum absolute atomic E-state index is 0.130. The van der Waals surface area contributed by atoms with Crippen LogP contribution in [0.4, 0.5) is 24.8 Å². The highest BCUT2D eigenvalue weighted by atomic mass is 19.4. The van der Waals surface area contributed by atoms with E-state index in [4.69, 9.17) is 0 Å². The van der Waals surface area contributed by atoms with Gasteiger partial charge in [0, 0.05) is 18.2 Å². The van der Waals surface area contributed by atoms with Gasteiger partial charge in [-0.05, 0) is 19.1 Å². The summed E-state index contributed by atoms with van der Waals surface area (Å²) in [7, 11) is 0. The molecule has 0 fully saturated rings. The second-order valence-corrected chi connectivity index (χ2v) is 5.68. The van der Waals surface area contributed by atoms with E-state index in [0.29, 0.717) is 11.8 Å². The molecule has 2 N–H and O–H groups in total. The van der Waals surface area contributed by atoms with E-state index < -0.39 is 23.9 Å². The lowest BCUT2D eigenvalue weighted by Gasteiger charge is -2.21. The third-order valence-corrected chi connectivity index (χ3v) is 3.56. The molecule has 1 aromatic carbocycles. The molecule has 1 aliphatic heterocycles. The zero-order chi connectivity index (χ0) is 18.9. The van der Waals surface area contributed by atoms with Crippen LogP contribution < -0.4 is 15.4 Å². The molecule has 138 valence electrons. The Morgan fingerprint density at radius 3 is 2.96 bits per heavy atom. The first-order chi connectivity index (χ1) is 12.2. The highest BCUT2D eigenvalue weighted by molar-refractivity contribution is 5.98. The summed E-state index contributed by atoms with van der Waals surface area (Å²) >= 11 is 0. The Kier molecular flexibility index (Phi) is 4.53. The fourth-order valence-corrected chi connectivity index (χ4v) is 2.54. The van der Waals surface area contributed by atoms with Crippen molar-refractivity contribution in [1.29, 1.82) is 0 Å². The summed E-state index contributed by atoms with van der Waals surface area (Å²) in [6.45, 7) is 1.86. The Morgan fingerprint density at radius 2 is 2.23 bits per heavy atom. The van der Waals surface area contributed by atoms with Gasteiger partial charge in [0.25, 0.3) is 0 Å². The maximum Gasteiger partial charge on any atom is 0.573 e. The standard InChI is InChI=1S/C15H14F3N5O3/c1-8-19-14-21-13(25)9(7-23(14)22-8)5-12(24)20-10-3-2-4-11(6-10)26-15(16,17)18/h2-4,6,9H,5,7H2,1H3,(H,20,24)(H,19,21,22,25). The number of hydrogen-bond donors (Lipinski definition) is 2. The van der Waals surface area contributed by atoms with Crippen LogP contribution in [0.25, 0.3) is 0 Å². The van der Waals surface area contributed by atoms with Crippen molar-refractivity contribution in [2.75, 3.05) is 10.6 Å². The normalized spacial score (nSPS) is 16.6. The molecule has 2 heterocycles. The largest absolute Gasteiger partial charge is 0.573 e. The predicted octanol–water partition coefficient (Wildman–Crippen LogP) is 2.08. The number of halogens is 3. The van der Waals surface area contributed by atoms with Gasteiger partial charge in [-0.1, -0.05) is 6.07 Å². The maximum atomic E-state index is 12.2. The molecule has 0 bridgehead atoms. The van der Waals surface area contributed by atoms with Crippen LogP contribution in [0.1, 0.15) is 12.2 Å². The predicted molar refractivity (Wildman–Crippen MR) is 83.3 cm³/mol. The fraction of sp³-hybridized carbons (Fsp3) is 0.333. The summed E-state index contributed by atoms with van der Waals surface area (Å²) in [5, 5.41) is 9.12. The Balaban J connectivity index is 1.62. The molecule has 1 atom stereocenters. The lowest BCUT2D eigenvalue weighted by Crippen LogP contribution is -2.36. The molecule has 0 aliphatic carbocycles. The zero-order valence-corrected chi connectivity index (χ0v) is 13.5. The molecule has 0 radical (unpaired) electrons. The molecule has 1 aliphatic rings. The fourth-order valence-electron chi connectivity index (χ4n) is 2.54. The van der Waals surface area contributed by atoms with Gasteiger partial charge >= 0.3 is 6.36 Å². The van der Waals surface area contributed by atoms with Crippen LogP contribution in [0.2, 0.25) is 0 Å². The van der Waals surface area contributed by atoms with Crippen molar-refractivity contribution in [2.24, 2.45) is 5.92 Å². The number of carbonyl (C=O) groups is 2. The molecule has 8 nitrogen and oxygen atoms in total. The first-order valence-electron chi connectivity index (χ1n) is 7.57. The molecule has 0 spiro atoms. The average Bonchev–Trinajstić information content (AvgIpc) is 2.85. The number of ether oxygens (including phenoxy) is 1. The molecular formula is C15H14F3N5O3. The van der Waals surface area contributed by atoms with E-state index in [1.165, 1.54) is 16.8 Å². The quantitative estimate of drug-likeness (QED) is 0.860. The summed E-state index contributed by atoms with van der Waals surface area (Å²) in [6.07, 6.45) is -4.98. The number of aromatic nitrogens is 3. The topological polar surface area (TPSA) is 98.1 Å². The molecule has 26 heavy (non-hydrogen) atoms. The van der Waals surface area contributed by atoms with Gasteiger partial charge in [0.05, 0.1) is 12.5 Å². The Morgan fingerprint density at radius 1 is 1.46 bits per heavy atom. The number of alkyl halides is 3. The molecular weight excluding hydrogens is 355 g/mol. The van der Waals surface area contributed by atoms with Crippen LogP contribution in [0.15, 0.2) is 24.3 Å². The van der Waals surface area contributed by atoms with E-state index in [2.05, 4.69) is 25.5 Å². The van der Waals surface area contributed by atoms with Crippen LogP contribution in [0.3, 0.4) is 0 Å². The number of benzene rings is 1. The van der Waals surface area contributed by atoms with Crippen molar-refractivity contribution in [2.45, 2.75) is 26.3 Å². The summed E-state index contributed by atoms with van der Waals surface area (Å²) in [5.74, 6) is -1.19. The molecule has 11 heteroatoms. The van der Waals surface area contributed by atoms with Crippen LogP contribution in [-0.4, -0.2) is 32.9 Å². The van der Waals surface area contributed by atoms with E-state index in [0.717, 1.165) is 12.1 Å². The average molecular weight is 369 g/mol. The first kappa shape index (κ1) is 17.7. The van der Waals surface area contributed by atoms with Gasteiger partial charge in [-0.15, -0.1) is 13.2 Å². The minimum atomic E-state index is -4.82. The summed E-state index contributed by atoms with van der Waals surface area (Å²) in [5.41, 5.74) is 0.130. The van der Waals surface area contributed by atoms with Crippen LogP contribution in [0.5, 0.6) is 5.75 Å². The van der Waals surface area contributed by atoms with Gasteiger partial charge in [-0.25, -0.2) is 4.68 Å². The van der Waals surface area contributed by atoms with Gasteiger partial charge in [0.15, 0.2) is 0 Å². The second-order valence-electron chi connectivity index (χ2n) is 5.68. The van der Waals surface area contributed by atoms with Gasteiger partial charge in [0.1, 0.15) is 11.6 Å². The number of rotatable bonds is 4. The second kappa shape index (κ2) is 6.65. The summed E-state index contributed by atoms with van der Waals surface area (Å²) in [6, 6.07) is 4.90. The first-order valence-corrected chi connectivity index (χ1v) is 7.57. The van der Waals surface area contributed by atoms with E-state index in [-0.39, 0.29) is 24.6 Å². The highest BCUT2D eigenvalue weighted by Gasteiger charge is 2.32. The Hall–Kier alpha value is -3.11. The Bertz CT molecular complexity index is 849. The van der Waals surface area contributed by atoms with Crippen molar-refractivity contribution < 1.29 is 27.5 Å². The number of carbonyl (C=O) groups excluding carboxylic acids is 2. The number of nitrogens with one attached hydrogen (secondary N) is 2. The van der Waals surface area contributed by atoms with E-state index in [9.17, 15) is 22.8 Å². The molecule has 2 aromatic rings. The molecule has 0 saturated heterocycles. The van der Waals surface area contributed by atoms with Crippen LogP contribution in [0, 0.1) is 12.8 Å². The molecule has 0 saturated carbocycles. The van der Waals surface area contributed by atoms with Gasteiger partial charge in [-0.2, -0.15) is 10.1 Å². The molecule has 3 rings (SSSR count).